The molecule has 0 radical (unpaired) electrons. The average Bonchev–Trinajstić information content (AvgIpc) is 2.89. The molecule has 0 rings (SSSR count). The smallest absolute Gasteiger partial charge is 0.360 e. The van der Waals surface area contributed by atoms with E-state index in [2.05, 4.69) is 29.4 Å². The lowest BCUT2D eigenvalue weighted by Crippen LogP contribution is -2.29. The third-order valence-corrected chi connectivity index (χ3v) is 5.98. The molecule has 0 aromatic heterocycles. The Morgan fingerprint density at radius 2 is 0.865 bits per heavy atom. The Kier molecular flexibility index (Phi) is 30.1. The molecule has 0 atom stereocenters. The van der Waals surface area contributed by atoms with Crippen molar-refractivity contribution in [3.05, 3.63) is 0 Å². The molecule has 0 aliphatic heterocycles. The third kappa shape index (κ3) is 33.8. The van der Waals surface area contributed by atoms with Gasteiger partial charge in [-0.1, -0.05) is 117 Å². The Balaban J connectivity index is 0. The number of carbonyl (C=O) groups is 4. The molecule has 9 heteroatoms. The van der Waals surface area contributed by atoms with Gasteiger partial charge in [-0.3, -0.25) is 19.3 Å². The van der Waals surface area contributed by atoms with Gasteiger partial charge in [0.25, 0.3) is 0 Å². The molecule has 0 aliphatic carbocycles. The number of nitrogens with one attached hydrogen (secondary N) is 2. The van der Waals surface area contributed by atoms with E-state index < -0.39 is 11.9 Å². The van der Waals surface area contributed by atoms with E-state index in [4.69, 9.17) is 10.4 Å². The second-order valence-electron chi connectivity index (χ2n) is 9.57. The molecule has 37 heavy (non-hydrogen) atoms. The molecule has 0 spiro atoms. The second kappa shape index (κ2) is 30.1. The van der Waals surface area contributed by atoms with Crippen molar-refractivity contribution in [1.29, 1.82) is 0 Å². The van der Waals surface area contributed by atoms with Gasteiger partial charge >= 0.3 is 11.9 Å². The number of rotatable bonds is 24. The molecule has 9 nitrogen and oxygen atoms in total. The normalized spacial score (nSPS) is 10.2. The lowest BCUT2D eigenvalue weighted by molar-refractivity contribution is -0.233. The van der Waals surface area contributed by atoms with Gasteiger partial charge in [-0.15, -0.1) is 0 Å². The number of aliphatic carboxylic acids is 1. The van der Waals surface area contributed by atoms with E-state index in [0.717, 1.165) is 32.1 Å². The zero-order valence-electron chi connectivity index (χ0n) is 23.5. The topological polar surface area (TPSA) is 142 Å². The molecule has 0 bridgehead atoms. The fourth-order valence-corrected chi connectivity index (χ4v) is 3.75. The van der Waals surface area contributed by atoms with Crippen LogP contribution in [-0.2, 0) is 24.1 Å². The van der Waals surface area contributed by atoms with Crippen molar-refractivity contribution in [2.24, 2.45) is 0 Å². The minimum absolute atomic E-state index is 0.152. The molecule has 0 aromatic rings. The lowest BCUT2D eigenvalue weighted by Gasteiger charge is -2.03. The number of carboxylic acids is 1. The Labute approximate surface area is 224 Å². The van der Waals surface area contributed by atoms with Gasteiger partial charge in [0, 0.05) is 12.8 Å². The quantitative estimate of drug-likeness (QED) is 0.0666. The number of amides is 2. The van der Waals surface area contributed by atoms with E-state index >= 15 is 0 Å². The molecule has 4 N–H and O–H groups in total. The molecule has 0 heterocycles. The highest BCUT2D eigenvalue weighted by Gasteiger charge is 2.06. The van der Waals surface area contributed by atoms with Crippen molar-refractivity contribution in [3.63, 3.8) is 0 Å². The van der Waals surface area contributed by atoms with Gasteiger partial charge in [0.15, 0.2) is 0 Å². The maximum Gasteiger partial charge on any atom is 0.360 e. The summed E-state index contributed by atoms with van der Waals surface area (Å²) in [6, 6.07) is 0. The van der Waals surface area contributed by atoms with E-state index in [1.807, 2.05) is 0 Å². The van der Waals surface area contributed by atoms with Gasteiger partial charge in [-0.05, 0) is 12.8 Å². The number of carbonyl (C=O) groups excluding carboxylic acids is 3. The first-order valence-electron chi connectivity index (χ1n) is 14.5. The first-order chi connectivity index (χ1) is 17.9. The fraction of sp³-hybridized carbons (Fsp3) is 0.857. The van der Waals surface area contributed by atoms with Gasteiger partial charge < -0.3 is 15.7 Å². The minimum atomic E-state index is -0.990. The summed E-state index contributed by atoms with van der Waals surface area (Å²) in [7, 11) is 0. The van der Waals surface area contributed by atoms with Crippen LogP contribution in [0.3, 0.4) is 0 Å². The molecule has 2 amide bonds. The second-order valence-corrected chi connectivity index (χ2v) is 9.57. The summed E-state index contributed by atoms with van der Waals surface area (Å²) in [4.78, 5) is 46.7. The molecule has 0 unspecified atom stereocenters. The number of unbranched alkanes of at least 4 members (excludes halogenated alkanes) is 16. The van der Waals surface area contributed by atoms with Crippen molar-refractivity contribution in [3.8, 4) is 0 Å². The van der Waals surface area contributed by atoms with E-state index in [1.54, 1.807) is 0 Å². The van der Waals surface area contributed by atoms with Crippen LogP contribution in [0.15, 0.2) is 0 Å². The average molecular weight is 531 g/mol. The molecule has 218 valence electrons. The van der Waals surface area contributed by atoms with E-state index in [1.165, 1.54) is 83.5 Å². The van der Waals surface area contributed by atoms with Gasteiger partial charge in [0.2, 0.25) is 11.8 Å². The van der Waals surface area contributed by atoms with Gasteiger partial charge in [-0.2, -0.15) is 5.26 Å². The largest absolute Gasteiger partial charge is 0.480 e. The van der Waals surface area contributed by atoms with Crippen molar-refractivity contribution >= 4 is 23.8 Å². The molecule has 0 saturated heterocycles. The van der Waals surface area contributed by atoms with Crippen molar-refractivity contribution in [2.45, 2.75) is 142 Å². The maximum atomic E-state index is 11.3. The van der Waals surface area contributed by atoms with E-state index in [0.29, 0.717) is 12.8 Å². The Bertz CT molecular complexity index is 571. The van der Waals surface area contributed by atoms with Crippen molar-refractivity contribution < 1.29 is 34.4 Å². The summed E-state index contributed by atoms with van der Waals surface area (Å²) in [6.07, 6.45) is 22.6. The number of hydrogen-bond donors (Lipinski definition) is 4. The van der Waals surface area contributed by atoms with Crippen LogP contribution >= 0.6 is 0 Å². The third-order valence-electron chi connectivity index (χ3n) is 5.98. The number of carboxylic acid groups (broad SMARTS) is 1. The van der Waals surface area contributed by atoms with Crippen LogP contribution in [0.5, 0.6) is 0 Å². The summed E-state index contributed by atoms with van der Waals surface area (Å²) in [5.74, 6) is -2.16. The lowest BCUT2D eigenvalue weighted by atomic mass is 10.1. The first-order valence-corrected chi connectivity index (χ1v) is 14.5. The molecular formula is C28H54N2O7. The van der Waals surface area contributed by atoms with E-state index in [-0.39, 0.29) is 24.9 Å². The Morgan fingerprint density at radius 1 is 0.541 bits per heavy atom. The first kappa shape index (κ1) is 37.0. The number of hydrogen-bond acceptors (Lipinski definition) is 6. The zero-order valence-corrected chi connectivity index (χ0v) is 23.5. The summed E-state index contributed by atoms with van der Waals surface area (Å²) in [5, 5.41) is 21.1. The van der Waals surface area contributed by atoms with Crippen molar-refractivity contribution in [1.82, 2.24) is 10.6 Å². The summed E-state index contributed by atoms with van der Waals surface area (Å²) < 4.78 is 0. The molecular weight excluding hydrogens is 476 g/mol. The van der Waals surface area contributed by atoms with Gasteiger partial charge in [-0.25, -0.2) is 4.79 Å². The predicted octanol–water partition coefficient (Wildman–Crippen LogP) is 6.15. The molecule has 0 aliphatic rings. The fourth-order valence-electron chi connectivity index (χ4n) is 3.75. The SMILES string of the molecule is CCCCCCCCCCCC(=O)NCC(=O)O.CCCCCCCCCCCC(=O)NCC(=O)OO. The van der Waals surface area contributed by atoms with Gasteiger partial charge in [0.05, 0.1) is 0 Å². The molecule has 0 aromatic carbocycles. The molecule has 0 saturated carbocycles. The van der Waals surface area contributed by atoms with Crippen LogP contribution in [0.1, 0.15) is 142 Å². The van der Waals surface area contributed by atoms with Crippen LogP contribution < -0.4 is 10.6 Å². The van der Waals surface area contributed by atoms with Crippen molar-refractivity contribution in [2.75, 3.05) is 13.1 Å². The Hall–Kier alpha value is -2.16. The summed E-state index contributed by atoms with van der Waals surface area (Å²) in [6.45, 7) is 3.89. The monoisotopic (exact) mass is 530 g/mol. The van der Waals surface area contributed by atoms with Crippen LogP contribution in [0.2, 0.25) is 0 Å². The van der Waals surface area contributed by atoms with Crippen LogP contribution in [-0.4, -0.2) is 47.2 Å². The van der Waals surface area contributed by atoms with Gasteiger partial charge in [0.1, 0.15) is 13.1 Å². The van der Waals surface area contributed by atoms with E-state index in [9.17, 15) is 19.2 Å². The highest BCUT2D eigenvalue weighted by Crippen LogP contribution is 2.11. The highest BCUT2D eigenvalue weighted by molar-refractivity contribution is 5.81. The minimum Gasteiger partial charge on any atom is -0.480 e. The summed E-state index contributed by atoms with van der Waals surface area (Å²) >= 11 is 0. The summed E-state index contributed by atoms with van der Waals surface area (Å²) in [5.41, 5.74) is 0. The molecule has 0 fully saturated rings. The van der Waals surface area contributed by atoms with Crippen LogP contribution in [0.25, 0.3) is 0 Å². The standard InChI is InChI=1S/C14H27NO4.C14H27NO3/c1-2-3-4-5-6-7-8-9-10-11-13(16)15-12-14(17)19-18;1-2-3-4-5-6-7-8-9-10-11-13(16)15-12-14(17)18/h18H,2-12H2,1H3,(H,15,16);2-12H2,1H3,(H,15,16)(H,17,18). The van der Waals surface area contributed by atoms with Crippen LogP contribution in [0.4, 0.5) is 0 Å². The zero-order chi connectivity index (χ0) is 28.0. The van der Waals surface area contributed by atoms with Crippen LogP contribution in [0, 0.1) is 0 Å². The maximum absolute atomic E-state index is 11.3. The predicted molar refractivity (Wildman–Crippen MR) is 146 cm³/mol. The highest BCUT2D eigenvalue weighted by atomic mass is 17.1. The Morgan fingerprint density at radius 3 is 1.19 bits per heavy atom.